The summed E-state index contributed by atoms with van der Waals surface area (Å²) in [5.41, 5.74) is 1.49. The SMILES string of the molecule is CC(C)N1CCN(CC2CC2)C[C@@H]1c1nnc2ccc(C(=O)NCC3CC3)cn12. The van der Waals surface area contributed by atoms with Crippen LogP contribution in [0.15, 0.2) is 18.3 Å². The summed E-state index contributed by atoms with van der Waals surface area (Å²) in [6.45, 7) is 9.64. The van der Waals surface area contributed by atoms with Gasteiger partial charge in [-0.2, -0.15) is 0 Å². The summed E-state index contributed by atoms with van der Waals surface area (Å²) in [4.78, 5) is 17.7. The molecule has 2 aromatic rings. The second-order valence-corrected chi connectivity index (χ2v) is 9.41. The second kappa shape index (κ2) is 7.69. The molecule has 1 atom stereocenters. The molecule has 1 aliphatic heterocycles. The zero-order valence-corrected chi connectivity index (χ0v) is 17.5. The first kappa shape index (κ1) is 19.0. The van der Waals surface area contributed by atoms with Crippen LogP contribution in [0.2, 0.25) is 0 Å². The number of rotatable bonds is 7. The average molecular weight is 397 g/mol. The van der Waals surface area contributed by atoms with Crippen molar-refractivity contribution in [2.24, 2.45) is 11.8 Å². The van der Waals surface area contributed by atoms with Gasteiger partial charge in [-0.25, -0.2) is 0 Å². The number of aromatic nitrogens is 3. The first-order valence-electron chi connectivity index (χ1n) is 11.2. The van der Waals surface area contributed by atoms with Gasteiger partial charge >= 0.3 is 0 Å². The Morgan fingerprint density at radius 2 is 1.93 bits per heavy atom. The number of carbonyl (C=O) groups excluding carboxylic acids is 1. The van der Waals surface area contributed by atoms with Crippen molar-refractivity contribution < 1.29 is 4.79 Å². The highest BCUT2D eigenvalue weighted by Gasteiger charge is 2.35. The number of nitrogens with zero attached hydrogens (tertiary/aromatic N) is 5. The lowest BCUT2D eigenvalue weighted by atomic mass is 10.1. The van der Waals surface area contributed by atoms with Gasteiger partial charge in [0, 0.05) is 45.0 Å². The summed E-state index contributed by atoms with van der Waals surface area (Å²) >= 11 is 0. The van der Waals surface area contributed by atoms with E-state index in [4.69, 9.17) is 0 Å². The molecule has 0 aromatic carbocycles. The normalized spacial score (nSPS) is 23.8. The third-order valence-electron chi connectivity index (χ3n) is 6.62. The van der Waals surface area contributed by atoms with Crippen LogP contribution in [0.25, 0.3) is 5.65 Å². The van der Waals surface area contributed by atoms with Crippen molar-refractivity contribution in [2.45, 2.75) is 51.6 Å². The van der Waals surface area contributed by atoms with Crippen LogP contribution >= 0.6 is 0 Å². The van der Waals surface area contributed by atoms with Gasteiger partial charge in [0.25, 0.3) is 5.91 Å². The number of nitrogens with one attached hydrogen (secondary N) is 1. The van der Waals surface area contributed by atoms with E-state index in [2.05, 4.69) is 39.2 Å². The van der Waals surface area contributed by atoms with Gasteiger partial charge in [-0.05, 0) is 63.5 Å². The van der Waals surface area contributed by atoms with E-state index in [0.717, 1.165) is 43.6 Å². The van der Waals surface area contributed by atoms with Crippen LogP contribution in [0.5, 0.6) is 0 Å². The maximum Gasteiger partial charge on any atom is 0.252 e. The Hall–Kier alpha value is -1.99. The summed E-state index contributed by atoms with van der Waals surface area (Å²) < 4.78 is 2.03. The van der Waals surface area contributed by atoms with Crippen LogP contribution in [0.4, 0.5) is 0 Å². The smallest absolute Gasteiger partial charge is 0.252 e. The van der Waals surface area contributed by atoms with Crippen LogP contribution in [0.1, 0.15) is 61.8 Å². The van der Waals surface area contributed by atoms with E-state index in [1.165, 1.54) is 32.2 Å². The molecule has 2 saturated carbocycles. The number of piperazine rings is 1. The summed E-state index contributed by atoms with van der Waals surface area (Å²) in [6, 6.07) is 4.41. The number of hydrogen-bond donors (Lipinski definition) is 1. The zero-order chi connectivity index (χ0) is 20.0. The number of hydrogen-bond acceptors (Lipinski definition) is 5. The predicted molar refractivity (Wildman–Crippen MR) is 112 cm³/mol. The van der Waals surface area contributed by atoms with Gasteiger partial charge in [-0.15, -0.1) is 10.2 Å². The molecule has 0 bridgehead atoms. The van der Waals surface area contributed by atoms with E-state index in [-0.39, 0.29) is 11.9 Å². The molecule has 1 saturated heterocycles. The standard InChI is InChI=1S/C22H32N6O/c1-15(2)27-10-9-26(12-17-5-6-17)14-19(27)21-25-24-20-8-7-18(13-28(20)21)22(29)23-11-16-3-4-16/h7-8,13,15-17,19H,3-6,9-12,14H2,1-2H3,(H,23,29)/t19-/m1/s1. The van der Waals surface area contributed by atoms with Crippen molar-refractivity contribution in [2.75, 3.05) is 32.7 Å². The average Bonchev–Trinajstić information content (AvgIpc) is 3.65. The maximum atomic E-state index is 12.6. The van der Waals surface area contributed by atoms with E-state index in [0.29, 0.717) is 17.5 Å². The molecule has 29 heavy (non-hydrogen) atoms. The van der Waals surface area contributed by atoms with E-state index in [1.54, 1.807) is 0 Å². The molecule has 3 aliphatic rings. The van der Waals surface area contributed by atoms with E-state index in [1.807, 2.05) is 22.7 Å². The highest BCUT2D eigenvalue weighted by atomic mass is 16.1. The highest BCUT2D eigenvalue weighted by Crippen LogP contribution is 2.33. The fourth-order valence-electron chi connectivity index (χ4n) is 4.46. The first-order chi connectivity index (χ1) is 14.1. The van der Waals surface area contributed by atoms with Crippen LogP contribution < -0.4 is 5.32 Å². The second-order valence-electron chi connectivity index (χ2n) is 9.41. The Morgan fingerprint density at radius 1 is 1.14 bits per heavy atom. The minimum Gasteiger partial charge on any atom is -0.352 e. The molecule has 1 amide bonds. The number of fused-ring (bicyclic) bond motifs is 1. The molecule has 2 aliphatic carbocycles. The van der Waals surface area contributed by atoms with E-state index < -0.39 is 0 Å². The quantitative estimate of drug-likeness (QED) is 0.778. The van der Waals surface area contributed by atoms with Crippen molar-refractivity contribution in [1.82, 2.24) is 29.7 Å². The van der Waals surface area contributed by atoms with Gasteiger partial charge in [0.1, 0.15) is 0 Å². The van der Waals surface area contributed by atoms with Crippen molar-refractivity contribution in [3.05, 3.63) is 29.7 Å². The van der Waals surface area contributed by atoms with Gasteiger partial charge < -0.3 is 5.32 Å². The van der Waals surface area contributed by atoms with E-state index >= 15 is 0 Å². The molecule has 0 unspecified atom stereocenters. The number of amides is 1. The lowest BCUT2D eigenvalue weighted by molar-refractivity contribution is 0.0437. The van der Waals surface area contributed by atoms with Gasteiger partial charge in [0.15, 0.2) is 11.5 Å². The highest BCUT2D eigenvalue weighted by molar-refractivity contribution is 5.94. The Morgan fingerprint density at radius 3 is 2.66 bits per heavy atom. The fraction of sp³-hybridized carbons (Fsp3) is 0.682. The lowest BCUT2D eigenvalue weighted by Crippen LogP contribution is -2.51. The van der Waals surface area contributed by atoms with Gasteiger partial charge in [-0.3, -0.25) is 19.0 Å². The molecule has 156 valence electrons. The monoisotopic (exact) mass is 396 g/mol. The molecule has 3 heterocycles. The molecular weight excluding hydrogens is 364 g/mol. The van der Waals surface area contributed by atoms with Gasteiger partial charge in [-0.1, -0.05) is 0 Å². The van der Waals surface area contributed by atoms with Crippen molar-refractivity contribution >= 4 is 11.6 Å². The Bertz CT molecular complexity index is 885. The third kappa shape index (κ3) is 4.16. The first-order valence-corrected chi connectivity index (χ1v) is 11.2. The zero-order valence-electron chi connectivity index (χ0n) is 17.5. The van der Waals surface area contributed by atoms with Crippen LogP contribution in [-0.2, 0) is 0 Å². The Balaban J connectivity index is 1.41. The van der Waals surface area contributed by atoms with E-state index in [9.17, 15) is 4.79 Å². The summed E-state index contributed by atoms with van der Waals surface area (Å²) in [6.07, 6.45) is 7.15. The molecule has 3 fully saturated rings. The molecule has 0 radical (unpaired) electrons. The van der Waals surface area contributed by atoms with Crippen molar-refractivity contribution in [3.63, 3.8) is 0 Å². The van der Waals surface area contributed by atoms with Crippen LogP contribution in [-0.4, -0.2) is 69.1 Å². The molecule has 5 rings (SSSR count). The minimum atomic E-state index is -0.00169. The Labute approximate surface area is 172 Å². The molecule has 7 heteroatoms. The largest absolute Gasteiger partial charge is 0.352 e. The summed E-state index contributed by atoms with van der Waals surface area (Å²) in [5, 5.41) is 12.1. The minimum absolute atomic E-state index is 0.00169. The molecule has 1 N–H and O–H groups in total. The van der Waals surface area contributed by atoms with Gasteiger partial charge in [0.2, 0.25) is 0 Å². The Kier molecular flexibility index (Phi) is 5.04. The molecule has 0 spiro atoms. The van der Waals surface area contributed by atoms with Crippen LogP contribution in [0.3, 0.4) is 0 Å². The molecule has 2 aromatic heterocycles. The van der Waals surface area contributed by atoms with Gasteiger partial charge in [0.05, 0.1) is 11.6 Å². The van der Waals surface area contributed by atoms with Crippen molar-refractivity contribution in [1.29, 1.82) is 0 Å². The number of carbonyl (C=O) groups is 1. The third-order valence-corrected chi connectivity index (χ3v) is 6.62. The summed E-state index contributed by atoms with van der Waals surface area (Å²) in [7, 11) is 0. The molecular formula is C22H32N6O. The molecule has 7 nitrogen and oxygen atoms in total. The van der Waals surface area contributed by atoms with Crippen molar-refractivity contribution in [3.8, 4) is 0 Å². The lowest BCUT2D eigenvalue weighted by Gasteiger charge is -2.42. The fourth-order valence-corrected chi connectivity index (χ4v) is 4.46. The summed E-state index contributed by atoms with van der Waals surface area (Å²) in [5.74, 6) is 2.51. The van der Waals surface area contributed by atoms with Crippen LogP contribution in [0, 0.1) is 11.8 Å². The maximum absolute atomic E-state index is 12.6. The predicted octanol–water partition coefficient (Wildman–Crippen LogP) is 2.35. The topological polar surface area (TPSA) is 65.8 Å². The number of pyridine rings is 1.